The fraction of sp³-hybridized carbons (Fsp3) is 0.846. The van der Waals surface area contributed by atoms with E-state index in [4.69, 9.17) is 9.47 Å². The minimum atomic E-state index is -1.11. The van der Waals surface area contributed by atoms with E-state index in [0.29, 0.717) is 12.5 Å². The molecule has 0 aromatic rings. The van der Waals surface area contributed by atoms with Crippen molar-refractivity contribution in [2.24, 2.45) is 17.3 Å². The van der Waals surface area contributed by atoms with Crippen molar-refractivity contribution in [3.05, 3.63) is 0 Å². The molecule has 1 spiro atoms. The van der Waals surface area contributed by atoms with Crippen LogP contribution in [0.25, 0.3) is 0 Å². The summed E-state index contributed by atoms with van der Waals surface area (Å²) in [5, 5.41) is 0. The van der Waals surface area contributed by atoms with Gasteiger partial charge >= 0.3 is 144 Å². The number of rotatable bonds is 3. The van der Waals surface area contributed by atoms with Crippen molar-refractivity contribution in [1.29, 1.82) is 0 Å². The first-order valence-electron chi connectivity index (χ1n) is 7.32. The Bertz CT molecular complexity index is 552. The third-order valence-electron chi connectivity index (χ3n) is 5.67. The van der Waals surface area contributed by atoms with E-state index in [0.717, 1.165) is 25.7 Å². The summed E-state index contributed by atoms with van der Waals surface area (Å²) in [7, 11) is 0. The molecule has 5 rings (SSSR count). The molecule has 5 aliphatic rings. The fourth-order valence-electron chi connectivity index (χ4n) is 4.54. The summed E-state index contributed by atoms with van der Waals surface area (Å²) in [5.74, 6) is 0.524. The van der Waals surface area contributed by atoms with Gasteiger partial charge in [-0.05, 0) is 0 Å². The summed E-state index contributed by atoms with van der Waals surface area (Å²) in [6.45, 7) is 0.530. The molecular weight excluding hydrogens is 502 g/mol. The number of cyclic esters (lactones) is 1. The molecular formula is C13H16I2N2O4. The van der Waals surface area contributed by atoms with Gasteiger partial charge in [-0.3, -0.25) is 0 Å². The summed E-state index contributed by atoms with van der Waals surface area (Å²) in [5.41, 5.74) is -0.346. The molecule has 21 heavy (non-hydrogen) atoms. The minimum absolute atomic E-state index is 0.0385. The SMILES string of the molecule is O=C(OC1CC2CC1C1(CCOC1=O)C2)C(I)C12NI1N2. The van der Waals surface area contributed by atoms with E-state index in [1.807, 2.05) is 0 Å². The molecule has 5 fully saturated rings. The van der Waals surface area contributed by atoms with Crippen LogP contribution in [0.3, 0.4) is 0 Å². The van der Waals surface area contributed by atoms with Crippen molar-refractivity contribution in [1.82, 2.24) is 7.06 Å². The van der Waals surface area contributed by atoms with Gasteiger partial charge < -0.3 is 0 Å². The van der Waals surface area contributed by atoms with Gasteiger partial charge in [-0.2, -0.15) is 0 Å². The molecule has 0 aromatic heterocycles. The molecule has 6 nitrogen and oxygen atoms in total. The van der Waals surface area contributed by atoms with Gasteiger partial charge in [0.25, 0.3) is 0 Å². The van der Waals surface area contributed by atoms with Crippen molar-refractivity contribution in [3.8, 4) is 0 Å². The van der Waals surface area contributed by atoms with Gasteiger partial charge in [-0.25, -0.2) is 0 Å². The second kappa shape index (κ2) is 4.23. The summed E-state index contributed by atoms with van der Waals surface area (Å²) in [6, 6.07) is 0. The van der Waals surface area contributed by atoms with Crippen LogP contribution in [0.2, 0.25) is 0 Å². The monoisotopic (exact) mass is 518 g/mol. The number of carbonyl (C=O) groups excluding carboxylic acids is 2. The van der Waals surface area contributed by atoms with Crippen LogP contribution in [0, 0.1) is 17.3 Å². The summed E-state index contributed by atoms with van der Waals surface area (Å²) in [6.07, 6.45) is 3.58. The van der Waals surface area contributed by atoms with Gasteiger partial charge in [0.15, 0.2) is 0 Å². The Morgan fingerprint density at radius 3 is 2.81 bits per heavy atom. The standard InChI is InChI=1S/C13H16I2N2O4/c14-9(13-15(16-13)17-13)10(18)21-8-4-6-3-7(8)12(5-6)1-2-20-11(12)19/h6-9,16-17H,1-5H2. The number of carbonyl (C=O) groups is 2. The van der Waals surface area contributed by atoms with Crippen molar-refractivity contribution >= 4 is 54.9 Å². The first-order chi connectivity index (χ1) is 10.1. The summed E-state index contributed by atoms with van der Waals surface area (Å²) >= 11 is 1.07. The topological polar surface area (TPSA) is 96.5 Å². The summed E-state index contributed by atoms with van der Waals surface area (Å²) < 4.78 is 17.6. The van der Waals surface area contributed by atoms with Crippen LogP contribution >= 0.6 is 43.0 Å². The van der Waals surface area contributed by atoms with Crippen LogP contribution in [-0.2, 0) is 19.1 Å². The van der Waals surface area contributed by atoms with Gasteiger partial charge in [-0.15, -0.1) is 0 Å². The number of fused-ring (bicyclic) bond motifs is 4. The van der Waals surface area contributed by atoms with E-state index in [-0.39, 0.29) is 37.0 Å². The maximum atomic E-state index is 12.4. The fourth-order valence-corrected chi connectivity index (χ4v) is 11.9. The number of ether oxygens (including phenoxy) is 2. The van der Waals surface area contributed by atoms with Crippen molar-refractivity contribution in [2.75, 3.05) is 6.61 Å². The third-order valence-corrected chi connectivity index (χ3v) is 12.9. The van der Waals surface area contributed by atoms with Gasteiger partial charge in [-0.1, -0.05) is 0 Å². The van der Waals surface area contributed by atoms with E-state index in [2.05, 4.69) is 29.7 Å². The van der Waals surface area contributed by atoms with Crippen LogP contribution < -0.4 is 7.06 Å². The van der Waals surface area contributed by atoms with Crippen LogP contribution in [0.15, 0.2) is 0 Å². The quantitative estimate of drug-likeness (QED) is 0.146. The van der Waals surface area contributed by atoms with Crippen molar-refractivity contribution in [3.63, 3.8) is 0 Å². The number of hydrogen-bond acceptors (Lipinski definition) is 6. The number of nitrogens with one attached hydrogen (secondary N) is 2. The van der Waals surface area contributed by atoms with Gasteiger partial charge in [0.2, 0.25) is 0 Å². The molecule has 0 amide bonds. The molecule has 116 valence electrons. The average Bonchev–Trinajstić information content (AvgIpc) is 3.15. The zero-order chi connectivity index (χ0) is 14.4. The zero-order valence-corrected chi connectivity index (χ0v) is 15.5. The number of esters is 2. The predicted molar refractivity (Wildman–Crippen MR) is 89.6 cm³/mol. The first-order valence-corrected chi connectivity index (χ1v) is 11.8. The van der Waals surface area contributed by atoms with Crippen LogP contribution in [0.4, 0.5) is 0 Å². The first kappa shape index (κ1) is 13.7. The zero-order valence-electron chi connectivity index (χ0n) is 11.2. The van der Waals surface area contributed by atoms with Gasteiger partial charge in [0.1, 0.15) is 0 Å². The molecule has 3 saturated heterocycles. The Kier molecular flexibility index (Phi) is 2.77. The van der Waals surface area contributed by atoms with Crippen LogP contribution in [0.1, 0.15) is 25.7 Å². The molecule has 2 saturated carbocycles. The van der Waals surface area contributed by atoms with E-state index >= 15 is 0 Å². The van der Waals surface area contributed by atoms with E-state index < -0.39 is 20.4 Å². The maximum absolute atomic E-state index is 12.4. The Morgan fingerprint density at radius 1 is 1.48 bits per heavy atom. The Morgan fingerprint density at radius 2 is 2.24 bits per heavy atom. The van der Waals surface area contributed by atoms with Gasteiger partial charge in [0.05, 0.1) is 0 Å². The number of alkyl halides is 2. The summed E-state index contributed by atoms with van der Waals surface area (Å²) in [4.78, 5) is 24.5. The molecule has 2 aliphatic carbocycles. The second-order valence-electron chi connectivity index (χ2n) is 6.71. The van der Waals surface area contributed by atoms with Crippen LogP contribution in [-0.4, -0.2) is 32.2 Å². The number of hydrogen-bond donors (Lipinski definition) is 2. The molecule has 8 heteroatoms. The molecule has 0 aromatic carbocycles. The molecule has 0 radical (unpaired) electrons. The van der Waals surface area contributed by atoms with Gasteiger partial charge in [0, 0.05) is 0 Å². The third kappa shape index (κ3) is 1.76. The molecule has 2 bridgehead atoms. The molecule has 3 heterocycles. The predicted octanol–water partition coefficient (Wildman–Crippen LogP) is 1.26. The number of halogens is 2. The molecule has 2 N–H and O–H groups in total. The molecule has 5 unspecified atom stereocenters. The Labute approximate surface area is 143 Å². The normalized spacial score (nSPS) is 47.2. The van der Waals surface area contributed by atoms with E-state index in [1.54, 1.807) is 0 Å². The molecule has 5 atom stereocenters. The van der Waals surface area contributed by atoms with Crippen LogP contribution in [0.5, 0.6) is 0 Å². The van der Waals surface area contributed by atoms with E-state index in [1.165, 1.54) is 0 Å². The van der Waals surface area contributed by atoms with Crippen molar-refractivity contribution in [2.45, 2.75) is 39.4 Å². The Hall–Kier alpha value is 0.320. The average molecular weight is 518 g/mol. The Balaban J connectivity index is 1.32. The second-order valence-corrected chi connectivity index (χ2v) is 12.4. The molecule has 3 aliphatic heterocycles. The van der Waals surface area contributed by atoms with Crippen molar-refractivity contribution < 1.29 is 19.1 Å². The van der Waals surface area contributed by atoms with E-state index in [9.17, 15) is 9.59 Å².